The molecule has 2 aromatic rings. The van der Waals surface area contributed by atoms with Crippen LogP contribution in [0.3, 0.4) is 0 Å². The maximum Gasteiger partial charge on any atom is 0.430 e. The predicted molar refractivity (Wildman–Crippen MR) is 85.1 cm³/mol. The minimum Gasteiger partial charge on any atom is -0.465 e. The number of halogens is 6. The van der Waals surface area contributed by atoms with Gasteiger partial charge < -0.3 is 4.74 Å². The Balaban J connectivity index is 2.29. The number of esters is 1. The highest BCUT2D eigenvalue weighted by atomic mass is 19.4. The molecule has 0 radical (unpaired) electrons. The Morgan fingerprint density at radius 2 is 1.79 bits per heavy atom. The van der Waals surface area contributed by atoms with Crippen LogP contribution in [0.2, 0.25) is 0 Å². The van der Waals surface area contributed by atoms with Crippen LogP contribution in [0.4, 0.5) is 32.2 Å². The van der Waals surface area contributed by atoms with E-state index < -0.39 is 47.0 Å². The zero-order chi connectivity index (χ0) is 20.7. The van der Waals surface area contributed by atoms with E-state index >= 15 is 0 Å². The molecular weight excluding hydrogens is 392 g/mol. The molecule has 0 aliphatic carbocycles. The van der Waals surface area contributed by atoms with E-state index in [1.807, 2.05) is 0 Å². The van der Waals surface area contributed by atoms with Gasteiger partial charge in [0.1, 0.15) is 11.6 Å². The second-order valence-electron chi connectivity index (χ2n) is 5.96. The highest BCUT2D eigenvalue weighted by Crippen LogP contribution is 2.48. The predicted octanol–water partition coefficient (Wildman–Crippen LogP) is 4.39. The molecule has 28 heavy (non-hydrogen) atoms. The molecule has 1 aromatic heterocycles. The number of hydrogen-bond acceptors (Lipinski definition) is 4. The van der Waals surface area contributed by atoms with Crippen LogP contribution < -0.4 is 0 Å². The summed E-state index contributed by atoms with van der Waals surface area (Å²) in [7, 11) is 0. The van der Waals surface area contributed by atoms with Crippen molar-refractivity contribution in [2.45, 2.75) is 25.2 Å². The van der Waals surface area contributed by atoms with Gasteiger partial charge in [-0.25, -0.2) is 4.99 Å². The first-order valence-corrected chi connectivity index (χ1v) is 8.07. The van der Waals surface area contributed by atoms with Crippen molar-refractivity contribution in [2.75, 3.05) is 6.61 Å². The Hall–Kier alpha value is -2.85. The summed E-state index contributed by atoms with van der Waals surface area (Å²) in [5.41, 5.74) is -3.23. The average Bonchev–Trinajstić information content (AvgIpc) is 3.07. The molecule has 1 aliphatic heterocycles. The summed E-state index contributed by atoms with van der Waals surface area (Å²) >= 11 is 0. The summed E-state index contributed by atoms with van der Waals surface area (Å²) in [6, 6.07) is 4.15. The van der Waals surface area contributed by atoms with E-state index in [9.17, 15) is 31.1 Å². The van der Waals surface area contributed by atoms with Crippen LogP contribution >= 0.6 is 0 Å². The molecule has 0 amide bonds. The van der Waals surface area contributed by atoms with Gasteiger partial charge in [0.05, 0.1) is 18.4 Å². The number of H-pyrrole nitrogens is 1. The number of fused-ring (bicyclic) bond motifs is 1. The second-order valence-corrected chi connectivity index (χ2v) is 5.96. The summed E-state index contributed by atoms with van der Waals surface area (Å²) in [5, 5.41) is 5.83. The monoisotopic (exact) mass is 405 g/mol. The third-order valence-electron chi connectivity index (χ3n) is 4.27. The molecule has 0 fully saturated rings. The van der Waals surface area contributed by atoms with Crippen LogP contribution in [0, 0.1) is 5.92 Å². The lowest BCUT2D eigenvalue weighted by Gasteiger charge is -2.32. The van der Waals surface area contributed by atoms with Gasteiger partial charge in [-0.2, -0.15) is 31.4 Å². The molecule has 2 heterocycles. The van der Waals surface area contributed by atoms with Crippen LogP contribution in [0.5, 0.6) is 0 Å². The Morgan fingerprint density at radius 3 is 2.39 bits per heavy atom. The fourth-order valence-corrected chi connectivity index (χ4v) is 3.23. The highest BCUT2D eigenvalue weighted by molar-refractivity contribution is 6.08. The number of carbonyl (C=O) groups excluding carboxylic acids is 1. The number of nitrogens with one attached hydrogen (secondary N) is 1. The van der Waals surface area contributed by atoms with Crippen molar-refractivity contribution < 1.29 is 35.9 Å². The molecule has 11 heteroatoms. The zero-order valence-corrected chi connectivity index (χ0v) is 14.2. The zero-order valence-electron chi connectivity index (χ0n) is 14.2. The topological polar surface area (TPSA) is 67.3 Å². The molecule has 150 valence electrons. The number of alkyl halides is 6. The summed E-state index contributed by atoms with van der Waals surface area (Å²) < 4.78 is 86.2. The van der Waals surface area contributed by atoms with Crippen molar-refractivity contribution in [3.63, 3.8) is 0 Å². The summed E-state index contributed by atoms with van der Waals surface area (Å²) in [5.74, 6) is -5.39. The number of aromatic amines is 1. The number of carbonyl (C=O) groups is 1. The smallest absolute Gasteiger partial charge is 0.430 e. The van der Waals surface area contributed by atoms with E-state index in [0.29, 0.717) is 0 Å². The molecule has 1 aliphatic rings. The summed E-state index contributed by atoms with van der Waals surface area (Å²) in [6.45, 7) is 1.14. The van der Waals surface area contributed by atoms with Gasteiger partial charge in [-0.3, -0.25) is 9.89 Å². The van der Waals surface area contributed by atoms with Gasteiger partial charge in [0.25, 0.3) is 0 Å². The fourth-order valence-electron chi connectivity index (χ4n) is 3.23. The third-order valence-corrected chi connectivity index (χ3v) is 4.27. The molecule has 2 atom stereocenters. The molecule has 0 spiro atoms. The molecule has 1 aromatic carbocycles. The van der Waals surface area contributed by atoms with Gasteiger partial charge in [-0.1, -0.05) is 18.2 Å². The van der Waals surface area contributed by atoms with E-state index in [1.54, 1.807) is 0 Å². The number of ether oxygens (including phenoxy) is 1. The van der Waals surface area contributed by atoms with E-state index in [4.69, 9.17) is 4.74 Å². The second kappa shape index (κ2) is 6.95. The maximum atomic E-state index is 13.6. The van der Waals surface area contributed by atoms with Crippen molar-refractivity contribution in [2.24, 2.45) is 10.9 Å². The molecule has 2 unspecified atom stereocenters. The standard InChI is InChI=1S/C17H13F6N3O2/c1-2-28-15(27)12-11(8-5-3-4-6-10(8)16(18,19)20)9-7-24-26-14(9)25-13(12)17(21,22)23/h3-7,11-12H,2H2,1H3,(H,24,26). The number of rotatable bonds is 3. The first kappa shape index (κ1) is 19.9. The normalized spacial score (nSPS) is 19.8. The SMILES string of the molecule is CCOC(=O)C1C(C(F)(F)F)=Nc2[nH]ncc2C1c1ccccc1C(F)(F)F. The lowest BCUT2D eigenvalue weighted by molar-refractivity contribution is -0.148. The summed E-state index contributed by atoms with van der Waals surface area (Å²) in [4.78, 5) is 15.8. The quantitative estimate of drug-likeness (QED) is 0.609. The molecule has 0 bridgehead atoms. The van der Waals surface area contributed by atoms with E-state index in [2.05, 4.69) is 15.2 Å². The number of aliphatic imine (C=N–C) groups is 1. The Kier molecular flexibility index (Phi) is 4.94. The van der Waals surface area contributed by atoms with Gasteiger partial charge in [0.2, 0.25) is 0 Å². The molecule has 0 saturated carbocycles. The van der Waals surface area contributed by atoms with E-state index in [1.165, 1.54) is 13.0 Å². The lowest BCUT2D eigenvalue weighted by atomic mass is 9.75. The van der Waals surface area contributed by atoms with Gasteiger partial charge in [-0.05, 0) is 18.6 Å². The first-order chi connectivity index (χ1) is 13.1. The number of nitrogens with zero attached hydrogens (tertiary/aromatic N) is 2. The van der Waals surface area contributed by atoms with Crippen molar-refractivity contribution in [1.82, 2.24) is 10.2 Å². The van der Waals surface area contributed by atoms with Crippen LogP contribution in [-0.2, 0) is 15.7 Å². The third kappa shape index (κ3) is 3.48. The molecular formula is C17H13F6N3O2. The Labute approximate surface area is 154 Å². The largest absolute Gasteiger partial charge is 0.465 e. The van der Waals surface area contributed by atoms with Crippen molar-refractivity contribution in [3.05, 3.63) is 47.2 Å². The minimum absolute atomic E-state index is 0.0530. The molecule has 1 N–H and O–H groups in total. The van der Waals surface area contributed by atoms with Crippen LogP contribution in [0.1, 0.15) is 29.5 Å². The Morgan fingerprint density at radius 1 is 1.11 bits per heavy atom. The summed E-state index contributed by atoms with van der Waals surface area (Å²) in [6.07, 6.45) is -8.84. The van der Waals surface area contributed by atoms with E-state index in [0.717, 1.165) is 24.4 Å². The van der Waals surface area contributed by atoms with Gasteiger partial charge in [0, 0.05) is 11.5 Å². The van der Waals surface area contributed by atoms with Crippen LogP contribution in [-0.4, -0.2) is 34.7 Å². The number of aromatic nitrogens is 2. The Bertz CT molecular complexity index is 916. The molecule has 5 nitrogen and oxygen atoms in total. The number of hydrogen-bond donors (Lipinski definition) is 1. The minimum atomic E-state index is -5.06. The lowest BCUT2D eigenvalue weighted by Crippen LogP contribution is -2.42. The average molecular weight is 405 g/mol. The van der Waals surface area contributed by atoms with Gasteiger partial charge >= 0.3 is 18.3 Å². The first-order valence-electron chi connectivity index (χ1n) is 8.07. The number of benzene rings is 1. The fraction of sp³-hybridized carbons (Fsp3) is 0.353. The van der Waals surface area contributed by atoms with Crippen LogP contribution in [0.15, 0.2) is 35.5 Å². The van der Waals surface area contributed by atoms with Crippen molar-refractivity contribution in [1.29, 1.82) is 0 Å². The van der Waals surface area contributed by atoms with Gasteiger partial charge in [-0.15, -0.1) is 0 Å². The highest BCUT2D eigenvalue weighted by Gasteiger charge is 2.53. The van der Waals surface area contributed by atoms with Crippen molar-refractivity contribution >= 4 is 17.5 Å². The van der Waals surface area contributed by atoms with E-state index in [-0.39, 0.29) is 18.0 Å². The van der Waals surface area contributed by atoms with Crippen LogP contribution in [0.25, 0.3) is 0 Å². The van der Waals surface area contributed by atoms with Gasteiger partial charge in [0.15, 0.2) is 5.82 Å². The molecule has 0 saturated heterocycles. The van der Waals surface area contributed by atoms with Crippen molar-refractivity contribution in [3.8, 4) is 0 Å². The maximum absolute atomic E-state index is 13.6. The molecule has 3 rings (SSSR count).